The van der Waals surface area contributed by atoms with Crippen LogP contribution in [0.1, 0.15) is 13.3 Å². The minimum atomic E-state index is -4.11. The molecule has 0 bridgehead atoms. The molecule has 0 saturated heterocycles. The molecule has 1 heterocycles. The van der Waals surface area contributed by atoms with Gasteiger partial charge in [-0.1, -0.05) is 6.92 Å². The lowest BCUT2D eigenvalue weighted by molar-refractivity contribution is 0.468. The highest BCUT2D eigenvalue weighted by Crippen LogP contribution is 2.07. The first-order valence-electron chi connectivity index (χ1n) is 3.53. The summed E-state index contributed by atoms with van der Waals surface area (Å²) < 4.78 is 31.5. The van der Waals surface area contributed by atoms with E-state index in [1.54, 1.807) is 0 Å². The van der Waals surface area contributed by atoms with Crippen LogP contribution in [0.3, 0.4) is 0 Å². The van der Waals surface area contributed by atoms with E-state index in [1.807, 2.05) is 6.92 Å². The quantitative estimate of drug-likeness (QED) is 0.706. The fourth-order valence-corrected chi connectivity index (χ4v) is 1.56. The normalized spacial score (nSPS) is 11.8. The first-order valence-corrected chi connectivity index (χ1v) is 4.97. The number of imidazole rings is 1. The molecular formula is C6H10N2O3S. The Morgan fingerprint density at radius 2 is 2.33 bits per heavy atom. The molecule has 0 aliphatic carbocycles. The second kappa shape index (κ2) is 3.24. The Kier molecular flexibility index (Phi) is 2.49. The number of nitrogens with zero attached hydrogens (tertiary/aromatic N) is 2. The summed E-state index contributed by atoms with van der Waals surface area (Å²) in [5.41, 5.74) is 0. The molecule has 0 radical (unpaired) electrons. The van der Waals surface area contributed by atoms with E-state index in [0.717, 1.165) is 12.6 Å². The molecule has 68 valence electrons. The number of aryl methyl sites for hydroxylation is 1. The summed E-state index contributed by atoms with van der Waals surface area (Å²) in [5.74, 6) is 0. The SMILES string of the molecule is CCCn1cncc1S(=O)(=O)O. The molecule has 0 saturated carbocycles. The van der Waals surface area contributed by atoms with Gasteiger partial charge in [0, 0.05) is 6.54 Å². The van der Waals surface area contributed by atoms with E-state index in [2.05, 4.69) is 4.98 Å². The molecule has 1 aromatic rings. The van der Waals surface area contributed by atoms with Gasteiger partial charge in [-0.3, -0.25) is 4.55 Å². The van der Waals surface area contributed by atoms with Crippen LogP contribution in [0.4, 0.5) is 0 Å². The molecule has 0 aromatic carbocycles. The monoisotopic (exact) mass is 190 g/mol. The van der Waals surface area contributed by atoms with E-state index in [0.29, 0.717) is 6.54 Å². The van der Waals surface area contributed by atoms with Crippen molar-refractivity contribution in [2.75, 3.05) is 0 Å². The highest BCUT2D eigenvalue weighted by atomic mass is 32.2. The standard InChI is InChI=1S/C6H10N2O3S/c1-2-3-8-5-7-4-6(8)12(9,10)11/h4-5H,2-3H2,1H3,(H,9,10,11). The average Bonchev–Trinajstić information content (AvgIpc) is 2.34. The summed E-state index contributed by atoms with van der Waals surface area (Å²) >= 11 is 0. The number of rotatable bonds is 3. The summed E-state index contributed by atoms with van der Waals surface area (Å²) in [4.78, 5) is 3.63. The molecule has 12 heavy (non-hydrogen) atoms. The maximum Gasteiger partial charge on any atom is 0.311 e. The summed E-state index contributed by atoms with van der Waals surface area (Å²) in [5, 5.41) is -0.149. The van der Waals surface area contributed by atoms with Gasteiger partial charge in [-0.15, -0.1) is 0 Å². The summed E-state index contributed by atoms with van der Waals surface area (Å²) in [6, 6.07) is 0. The van der Waals surface area contributed by atoms with E-state index in [4.69, 9.17) is 4.55 Å². The van der Waals surface area contributed by atoms with Gasteiger partial charge < -0.3 is 4.57 Å². The minimum Gasteiger partial charge on any atom is -0.320 e. The van der Waals surface area contributed by atoms with Crippen molar-refractivity contribution in [2.24, 2.45) is 0 Å². The number of hydrogen-bond acceptors (Lipinski definition) is 3. The van der Waals surface area contributed by atoms with Gasteiger partial charge in [0.1, 0.15) is 0 Å². The van der Waals surface area contributed by atoms with E-state index in [1.165, 1.54) is 10.9 Å². The lowest BCUT2D eigenvalue weighted by atomic mass is 10.5. The van der Waals surface area contributed by atoms with E-state index in [9.17, 15) is 8.42 Å². The third-order valence-corrected chi connectivity index (χ3v) is 2.27. The third-order valence-electron chi connectivity index (χ3n) is 1.40. The van der Waals surface area contributed by atoms with Gasteiger partial charge in [0.15, 0.2) is 5.03 Å². The minimum absolute atomic E-state index is 0.149. The summed E-state index contributed by atoms with van der Waals surface area (Å²) in [7, 11) is -4.11. The molecule has 5 nitrogen and oxygen atoms in total. The Labute approximate surface area is 70.8 Å². The van der Waals surface area contributed by atoms with Crippen molar-refractivity contribution in [2.45, 2.75) is 24.9 Å². The molecule has 0 unspecified atom stereocenters. The van der Waals surface area contributed by atoms with Crippen molar-refractivity contribution in [3.05, 3.63) is 12.5 Å². The topological polar surface area (TPSA) is 72.2 Å². The highest BCUT2D eigenvalue weighted by Gasteiger charge is 2.14. The second-order valence-electron chi connectivity index (χ2n) is 2.40. The van der Waals surface area contributed by atoms with Gasteiger partial charge in [0.2, 0.25) is 0 Å². The second-order valence-corrected chi connectivity index (χ2v) is 3.77. The van der Waals surface area contributed by atoms with Crippen molar-refractivity contribution < 1.29 is 13.0 Å². The van der Waals surface area contributed by atoms with Crippen molar-refractivity contribution in [3.8, 4) is 0 Å². The van der Waals surface area contributed by atoms with Crippen LogP contribution in [0.2, 0.25) is 0 Å². The average molecular weight is 190 g/mol. The fourth-order valence-electron chi connectivity index (χ4n) is 0.932. The highest BCUT2D eigenvalue weighted by molar-refractivity contribution is 7.85. The summed E-state index contributed by atoms with van der Waals surface area (Å²) in [6.45, 7) is 2.45. The lowest BCUT2D eigenvalue weighted by Crippen LogP contribution is -2.07. The molecule has 0 spiro atoms. The zero-order valence-corrected chi connectivity index (χ0v) is 7.45. The summed E-state index contributed by atoms with van der Waals surface area (Å²) in [6.07, 6.45) is 3.30. The molecule has 0 amide bonds. The first-order chi connectivity index (χ1) is 5.55. The maximum atomic E-state index is 10.7. The zero-order chi connectivity index (χ0) is 9.19. The van der Waals surface area contributed by atoms with Gasteiger partial charge in [-0.2, -0.15) is 8.42 Å². The number of aromatic nitrogens is 2. The molecule has 1 aromatic heterocycles. The van der Waals surface area contributed by atoms with Crippen LogP contribution in [-0.2, 0) is 16.7 Å². The van der Waals surface area contributed by atoms with E-state index in [-0.39, 0.29) is 5.03 Å². The third kappa shape index (κ3) is 1.83. The fraction of sp³-hybridized carbons (Fsp3) is 0.500. The molecular weight excluding hydrogens is 180 g/mol. The van der Waals surface area contributed by atoms with Crippen LogP contribution in [0.15, 0.2) is 17.6 Å². The molecule has 1 rings (SSSR count). The van der Waals surface area contributed by atoms with Crippen molar-refractivity contribution in [1.29, 1.82) is 0 Å². The van der Waals surface area contributed by atoms with Crippen LogP contribution in [0, 0.1) is 0 Å². The van der Waals surface area contributed by atoms with Gasteiger partial charge in [0.25, 0.3) is 0 Å². The van der Waals surface area contributed by atoms with Crippen LogP contribution in [-0.4, -0.2) is 22.5 Å². The largest absolute Gasteiger partial charge is 0.320 e. The van der Waals surface area contributed by atoms with Gasteiger partial charge >= 0.3 is 10.1 Å². The Morgan fingerprint density at radius 3 is 2.83 bits per heavy atom. The first kappa shape index (κ1) is 9.21. The predicted octanol–water partition coefficient (Wildman–Crippen LogP) is 0.540. The maximum absolute atomic E-state index is 10.7. The van der Waals surface area contributed by atoms with Crippen molar-refractivity contribution in [1.82, 2.24) is 9.55 Å². The Hall–Kier alpha value is -0.880. The van der Waals surface area contributed by atoms with Gasteiger partial charge in [-0.25, -0.2) is 4.98 Å². The molecule has 0 fully saturated rings. The van der Waals surface area contributed by atoms with Gasteiger partial charge in [0.05, 0.1) is 12.5 Å². The molecule has 0 aliphatic rings. The zero-order valence-electron chi connectivity index (χ0n) is 6.64. The Bertz CT molecular complexity index is 355. The van der Waals surface area contributed by atoms with Crippen LogP contribution < -0.4 is 0 Å². The number of hydrogen-bond donors (Lipinski definition) is 1. The Morgan fingerprint density at radius 1 is 1.67 bits per heavy atom. The van der Waals surface area contributed by atoms with Gasteiger partial charge in [-0.05, 0) is 6.42 Å². The van der Waals surface area contributed by atoms with Crippen LogP contribution in [0.25, 0.3) is 0 Å². The predicted molar refractivity (Wildman–Crippen MR) is 42.3 cm³/mol. The van der Waals surface area contributed by atoms with Crippen molar-refractivity contribution in [3.63, 3.8) is 0 Å². The Balaban J connectivity index is 3.08. The molecule has 0 atom stereocenters. The van der Waals surface area contributed by atoms with Crippen LogP contribution >= 0.6 is 0 Å². The molecule has 1 N–H and O–H groups in total. The smallest absolute Gasteiger partial charge is 0.311 e. The van der Waals surface area contributed by atoms with E-state index >= 15 is 0 Å². The van der Waals surface area contributed by atoms with Crippen molar-refractivity contribution >= 4 is 10.1 Å². The van der Waals surface area contributed by atoms with E-state index < -0.39 is 10.1 Å². The molecule has 6 heteroatoms. The lowest BCUT2D eigenvalue weighted by Gasteiger charge is -2.01. The molecule has 0 aliphatic heterocycles. The van der Waals surface area contributed by atoms with Crippen LogP contribution in [0.5, 0.6) is 0 Å².